The van der Waals surface area contributed by atoms with Crippen LogP contribution in [-0.4, -0.2) is 46.5 Å². The molecule has 3 rings (SSSR count). The summed E-state index contributed by atoms with van der Waals surface area (Å²) in [4.78, 5) is 16.4. The molecule has 7 nitrogen and oxygen atoms in total. The van der Waals surface area contributed by atoms with Gasteiger partial charge in [-0.3, -0.25) is 9.78 Å². The molecule has 0 saturated heterocycles. The number of fused-ring (bicyclic) bond motifs is 1. The predicted molar refractivity (Wildman–Crippen MR) is 86.0 cm³/mol. The lowest BCUT2D eigenvalue weighted by molar-refractivity contribution is 0.0948. The Morgan fingerprint density at radius 2 is 2.04 bits per heavy atom. The zero-order valence-corrected chi connectivity index (χ0v) is 13.8. The molecule has 0 aromatic carbocycles. The van der Waals surface area contributed by atoms with Crippen molar-refractivity contribution < 1.29 is 13.2 Å². The van der Waals surface area contributed by atoms with E-state index in [2.05, 4.69) is 15.4 Å². The van der Waals surface area contributed by atoms with Crippen molar-refractivity contribution in [3.05, 3.63) is 30.4 Å². The van der Waals surface area contributed by atoms with Crippen LogP contribution in [-0.2, 0) is 9.84 Å². The molecule has 1 fully saturated rings. The van der Waals surface area contributed by atoms with Crippen molar-refractivity contribution in [1.82, 2.24) is 19.9 Å². The van der Waals surface area contributed by atoms with Crippen LogP contribution in [0.4, 0.5) is 0 Å². The standard InChI is InChI=1S/C15H20N4O3S/c1-23(21,22)15(5-3-2-4-6-15)11-17-14(20)12-9-18-19-8-7-16-10-13(12)19/h7-10H,2-6,11H2,1H3,(H,17,20). The summed E-state index contributed by atoms with van der Waals surface area (Å²) in [5.74, 6) is -0.318. The summed E-state index contributed by atoms with van der Waals surface area (Å²) in [5, 5.41) is 6.89. The molecule has 0 atom stereocenters. The predicted octanol–water partition coefficient (Wildman–Crippen LogP) is 1.21. The Hall–Kier alpha value is -1.96. The van der Waals surface area contributed by atoms with Gasteiger partial charge in [-0.2, -0.15) is 5.10 Å². The van der Waals surface area contributed by atoms with Gasteiger partial charge < -0.3 is 5.32 Å². The Balaban J connectivity index is 1.80. The summed E-state index contributed by atoms with van der Waals surface area (Å²) in [7, 11) is -3.24. The quantitative estimate of drug-likeness (QED) is 0.906. The van der Waals surface area contributed by atoms with Gasteiger partial charge in [0.15, 0.2) is 9.84 Å². The molecule has 0 bridgehead atoms. The summed E-state index contributed by atoms with van der Waals surface area (Å²) in [6, 6.07) is 0. The maximum atomic E-state index is 12.4. The number of carbonyl (C=O) groups excluding carboxylic acids is 1. The number of carbonyl (C=O) groups is 1. The molecule has 2 aromatic rings. The van der Waals surface area contributed by atoms with Gasteiger partial charge in [0.1, 0.15) is 0 Å². The molecule has 2 aromatic heterocycles. The molecule has 1 amide bonds. The highest BCUT2D eigenvalue weighted by molar-refractivity contribution is 7.92. The molecule has 0 aliphatic heterocycles. The minimum Gasteiger partial charge on any atom is -0.350 e. The number of rotatable bonds is 4. The number of sulfone groups is 1. The van der Waals surface area contributed by atoms with Gasteiger partial charge in [-0.15, -0.1) is 0 Å². The van der Waals surface area contributed by atoms with Gasteiger partial charge in [-0.1, -0.05) is 19.3 Å². The van der Waals surface area contributed by atoms with Crippen molar-refractivity contribution in [1.29, 1.82) is 0 Å². The first-order valence-electron chi connectivity index (χ1n) is 7.68. The summed E-state index contributed by atoms with van der Waals surface area (Å²) >= 11 is 0. The van der Waals surface area contributed by atoms with Gasteiger partial charge in [0, 0.05) is 25.2 Å². The van der Waals surface area contributed by atoms with Crippen molar-refractivity contribution >= 4 is 21.3 Å². The van der Waals surface area contributed by atoms with Gasteiger partial charge in [0.2, 0.25) is 0 Å². The van der Waals surface area contributed by atoms with Crippen LogP contribution in [0.25, 0.3) is 5.52 Å². The number of aromatic nitrogens is 3. The van der Waals surface area contributed by atoms with E-state index in [-0.39, 0.29) is 12.5 Å². The zero-order valence-electron chi connectivity index (χ0n) is 13.0. The molecule has 1 aliphatic carbocycles. The minimum atomic E-state index is -3.24. The molecule has 1 N–H and O–H groups in total. The van der Waals surface area contributed by atoms with Crippen LogP contribution in [0.15, 0.2) is 24.8 Å². The summed E-state index contributed by atoms with van der Waals surface area (Å²) in [6.07, 6.45) is 11.6. The second kappa shape index (κ2) is 5.92. The van der Waals surface area contributed by atoms with Crippen LogP contribution >= 0.6 is 0 Å². The van der Waals surface area contributed by atoms with Crippen molar-refractivity contribution in [3.8, 4) is 0 Å². The first kappa shape index (κ1) is 15.9. The third-order valence-electron chi connectivity index (χ3n) is 4.69. The second-order valence-corrected chi connectivity index (χ2v) is 8.57. The average Bonchev–Trinajstić information content (AvgIpc) is 2.96. The van der Waals surface area contributed by atoms with Gasteiger partial charge in [-0.05, 0) is 12.8 Å². The van der Waals surface area contributed by atoms with Crippen LogP contribution < -0.4 is 5.32 Å². The third kappa shape index (κ3) is 2.95. The second-order valence-electron chi connectivity index (χ2n) is 6.16. The molecular formula is C15H20N4O3S. The fourth-order valence-corrected chi connectivity index (χ4v) is 4.59. The van der Waals surface area contributed by atoms with E-state index < -0.39 is 14.6 Å². The number of nitrogens with zero attached hydrogens (tertiary/aromatic N) is 3. The van der Waals surface area contributed by atoms with E-state index in [1.165, 1.54) is 12.5 Å². The van der Waals surface area contributed by atoms with E-state index in [0.717, 1.165) is 19.3 Å². The number of hydrogen-bond acceptors (Lipinski definition) is 5. The molecule has 8 heteroatoms. The Bertz CT molecular complexity index is 822. The lowest BCUT2D eigenvalue weighted by Gasteiger charge is -2.35. The minimum absolute atomic E-state index is 0.141. The highest BCUT2D eigenvalue weighted by Gasteiger charge is 2.41. The monoisotopic (exact) mass is 336 g/mol. The highest BCUT2D eigenvalue weighted by Crippen LogP contribution is 2.34. The lowest BCUT2D eigenvalue weighted by Crippen LogP contribution is -2.49. The molecule has 1 aliphatic rings. The first-order chi connectivity index (χ1) is 10.9. The SMILES string of the molecule is CS(=O)(=O)C1(CNC(=O)c2cnn3ccncc23)CCCCC1. The highest BCUT2D eigenvalue weighted by atomic mass is 32.2. The fraction of sp³-hybridized carbons (Fsp3) is 0.533. The Labute approximate surface area is 135 Å². The molecule has 0 spiro atoms. The van der Waals surface area contributed by atoms with E-state index in [0.29, 0.717) is 23.9 Å². The number of amides is 1. The molecule has 0 unspecified atom stereocenters. The van der Waals surface area contributed by atoms with Gasteiger partial charge >= 0.3 is 0 Å². The number of nitrogens with one attached hydrogen (secondary N) is 1. The lowest BCUT2D eigenvalue weighted by atomic mass is 9.88. The molecular weight excluding hydrogens is 316 g/mol. The van der Waals surface area contributed by atoms with E-state index >= 15 is 0 Å². The largest absolute Gasteiger partial charge is 0.350 e. The average molecular weight is 336 g/mol. The zero-order chi connectivity index (χ0) is 16.5. The normalized spacial score (nSPS) is 18.0. The molecule has 124 valence electrons. The van der Waals surface area contributed by atoms with Crippen LogP contribution in [0, 0.1) is 0 Å². The molecule has 2 heterocycles. The van der Waals surface area contributed by atoms with E-state index in [1.807, 2.05) is 0 Å². The summed E-state index contributed by atoms with van der Waals surface area (Å²) in [6.45, 7) is 0.141. The first-order valence-corrected chi connectivity index (χ1v) is 9.57. The topological polar surface area (TPSA) is 93.4 Å². The molecule has 0 radical (unpaired) electrons. The third-order valence-corrected chi connectivity index (χ3v) is 6.82. The number of hydrogen-bond donors (Lipinski definition) is 1. The Kier molecular flexibility index (Phi) is 4.09. The van der Waals surface area contributed by atoms with E-state index in [1.54, 1.807) is 23.1 Å². The summed E-state index contributed by atoms with van der Waals surface area (Å²) < 4.78 is 25.2. The van der Waals surface area contributed by atoms with Gasteiger partial charge in [-0.25, -0.2) is 12.9 Å². The van der Waals surface area contributed by atoms with Crippen LogP contribution in [0.3, 0.4) is 0 Å². The van der Waals surface area contributed by atoms with Crippen molar-refractivity contribution in [2.24, 2.45) is 0 Å². The molecule has 1 saturated carbocycles. The Morgan fingerprint density at radius 3 is 2.74 bits per heavy atom. The van der Waals surface area contributed by atoms with Crippen LogP contribution in [0.1, 0.15) is 42.5 Å². The van der Waals surface area contributed by atoms with Gasteiger partial charge in [0.05, 0.1) is 28.2 Å². The van der Waals surface area contributed by atoms with Gasteiger partial charge in [0.25, 0.3) is 5.91 Å². The smallest absolute Gasteiger partial charge is 0.255 e. The Morgan fingerprint density at radius 1 is 1.30 bits per heavy atom. The maximum absolute atomic E-state index is 12.4. The van der Waals surface area contributed by atoms with Crippen molar-refractivity contribution in [2.45, 2.75) is 36.9 Å². The van der Waals surface area contributed by atoms with Crippen LogP contribution in [0.5, 0.6) is 0 Å². The van der Waals surface area contributed by atoms with E-state index in [4.69, 9.17) is 0 Å². The maximum Gasteiger partial charge on any atom is 0.255 e. The van der Waals surface area contributed by atoms with Crippen molar-refractivity contribution in [2.75, 3.05) is 12.8 Å². The fourth-order valence-electron chi connectivity index (χ4n) is 3.22. The van der Waals surface area contributed by atoms with Crippen LogP contribution in [0.2, 0.25) is 0 Å². The molecule has 23 heavy (non-hydrogen) atoms. The summed E-state index contributed by atoms with van der Waals surface area (Å²) in [5.41, 5.74) is 1.000. The van der Waals surface area contributed by atoms with Crippen molar-refractivity contribution in [3.63, 3.8) is 0 Å². The van der Waals surface area contributed by atoms with E-state index in [9.17, 15) is 13.2 Å².